The Kier molecular flexibility index (Phi) is 1.12. The highest BCUT2D eigenvalue weighted by Crippen LogP contribution is 2.15. The molecule has 1 radical (unpaired) electrons. The van der Waals surface area contributed by atoms with Gasteiger partial charge in [-0.15, -0.1) is 0 Å². The standard InChI is InChI=1S/C8H8N3/c1-5-3-2-4-6-7(5)11-8(9)10-6/h2-4H,1H2,(H3,9,10,11). The Morgan fingerprint density at radius 1 is 1.45 bits per heavy atom. The number of hydrogen-bond acceptors (Lipinski definition) is 2. The Balaban J connectivity index is 2.90. The number of rotatable bonds is 0. The van der Waals surface area contributed by atoms with E-state index in [0.29, 0.717) is 5.95 Å². The van der Waals surface area contributed by atoms with Gasteiger partial charge in [-0.1, -0.05) is 12.1 Å². The van der Waals surface area contributed by atoms with Gasteiger partial charge < -0.3 is 10.7 Å². The first-order valence-corrected chi connectivity index (χ1v) is 3.33. The van der Waals surface area contributed by atoms with Crippen molar-refractivity contribution in [2.75, 3.05) is 5.73 Å². The molecule has 3 heteroatoms. The Labute approximate surface area is 64.2 Å². The first-order valence-electron chi connectivity index (χ1n) is 3.33. The molecule has 0 spiro atoms. The second kappa shape index (κ2) is 1.99. The van der Waals surface area contributed by atoms with Crippen LogP contribution in [-0.4, -0.2) is 9.97 Å². The van der Waals surface area contributed by atoms with Gasteiger partial charge in [-0.05, 0) is 18.6 Å². The maximum absolute atomic E-state index is 5.46. The summed E-state index contributed by atoms with van der Waals surface area (Å²) in [6, 6.07) is 5.75. The van der Waals surface area contributed by atoms with E-state index < -0.39 is 0 Å². The second-order valence-corrected chi connectivity index (χ2v) is 2.44. The molecule has 11 heavy (non-hydrogen) atoms. The van der Waals surface area contributed by atoms with Crippen molar-refractivity contribution in [3.05, 3.63) is 30.7 Å². The molecule has 1 heterocycles. The van der Waals surface area contributed by atoms with Crippen molar-refractivity contribution in [2.45, 2.75) is 0 Å². The van der Waals surface area contributed by atoms with E-state index in [1.807, 2.05) is 18.2 Å². The molecule has 0 aliphatic carbocycles. The molecule has 3 nitrogen and oxygen atoms in total. The molecule has 55 valence electrons. The average Bonchev–Trinajstić information content (AvgIpc) is 2.31. The highest BCUT2D eigenvalue weighted by Gasteiger charge is 2.00. The lowest BCUT2D eigenvalue weighted by Gasteiger charge is -1.89. The molecule has 0 unspecified atom stereocenters. The molecule has 0 fully saturated rings. The van der Waals surface area contributed by atoms with Crippen LogP contribution in [0.1, 0.15) is 5.56 Å². The van der Waals surface area contributed by atoms with E-state index >= 15 is 0 Å². The van der Waals surface area contributed by atoms with Gasteiger partial charge in [0.1, 0.15) is 0 Å². The van der Waals surface area contributed by atoms with Crippen LogP contribution < -0.4 is 5.73 Å². The third-order valence-electron chi connectivity index (χ3n) is 1.61. The van der Waals surface area contributed by atoms with Crippen LogP contribution in [-0.2, 0) is 0 Å². The summed E-state index contributed by atoms with van der Waals surface area (Å²) in [6.45, 7) is 3.82. The molecule has 2 aromatic rings. The summed E-state index contributed by atoms with van der Waals surface area (Å²) < 4.78 is 0. The number of hydrogen-bond donors (Lipinski definition) is 2. The molecule has 0 bridgehead atoms. The number of fused-ring (bicyclic) bond motifs is 1. The molecule has 3 N–H and O–H groups in total. The number of H-pyrrole nitrogens is 1. The minimum Gasteiger partial charge on any atom is -0.369 e. The largest absolute Gasteiger partial charge is 0.369 e. The van der Waals surface area contributed by atoms with Gasteiger partial charge in [0, 0.05) is 0 Å². The van der Waals surface area contributed by atoms with E-state index in [4.69, 9.17) is 5.73 Å². The summed E-state index contributed by atoms with van der Waals surface area (Å²) in [6.07, 6.45) is 0. The SMILES string of the molecule is [CH2]c1cccc2[nH]c(N)nc12. The van der Waals surface area contributed by atoms with Gasteiger partial charge in [-0.3, -0.25) is 0 Å². The maximum Gasteiger partial charge on any atom is 0.198 e. The Bertz CT molecular complexity index is 389. The summed E-state index contributed by atoms with van der Waals surface area (Å²) in [5.41, 5.74) is 8.16. The summed E-state index contributed by atoms with van der Waals surface area (Å²) >= 11 is 0. The number of aromatic nitrogens is 2. The zero-order valence-electron chi connectivity index (χ0n) is 5.96. The van der Waals surface area contributed by atoms with E-state index in [2.05, 4.69) is 16.9 Å². The zero-order chi connectivity index (χ0) is 7.84. The minimum absolute atomic E-state index is 0.441. The normalized spacial score (nSPS) is 10.6. The van der Waals surface area contributed by atoms with Crippen molar-refractivity contribution in [1.82, 2.24) is 9.97 Å². The second-order valence-electron chi connectivity index (χ2n) is 2.44. The molecular weight excluding hydrogens is 138 g/mol. The van der Waals surface area contributed by atoms with Crippen LogP contribution in [0.2, 0.25) is 0 Å². The van der Waals surface area contributed by atoms with E-state index in [-0.39, 0.29) is 0 Å². The number of nitrogens with two attached hydrogens (primary N) is 1. The van der Waals surface area contributed by atoms with Crippen molar-refractivity contribution >= 4 is 17.0 Å². The highest BCUT2D eigenvalue weighted by molar-refractivity contribution is 5.81. The smallest absolute Gasteiger partial charge is 0.198 e. The van der Waals surface area contributed by atoms with Crippen molar-refractivity contribution in [3.8, 4) is 0 Å². The van der Waals surface area contributed by atoms with Gasteiger partial charge in [0.15, 0.2) is 5.95 Å². The molecule has 0 saturated heterocycles. The monoisotopic (exact) mass is 146 g/mol. The molecule has 2 rings (SSSR count). The number of aromatic amines is 1. The Hall–Kier alpha value is -1.51. The fourth-order valence-electron chi connectivity index (χ4n) is 1.11. The van der Waals surface area contributed by atoms with E-state index in [1.165, 1.54) is 0 Å². The van der Waals surface area contributed by atoms with Crippen LogP contribution >= 0.6 is 0 Å². The quantitative estimate of drug-likeness (QED) is 0.589. The highest BCUT2D eigenvalue weighted by atomic mass is 15.0. The number of nitrogens with zero attached hydrogens (tertiary/aromatic N) is 1. The van der Waals surface area contributed by atoms with Crippen LogP contribution in [0.5, 0.6) is 0 Å². The molecule has 0 amide bonds. The molecule has 1 aromatic heterocycles. The van der Waals surface area contributed by atoms with Crippen molar-refractivity contribution in [2.24, 2.45) is 0 Å². The number of benzene rings is 1. The fourth-order valence-corrected chi connectivity index (χ4v) is 1.11. The lowest BCUT2D eigenvalue weighted by molar-refractivity contribution is 1.35. The Morgan fingerprint density at radius 3 is 3.00 bits per heavy atom. The molecule has 0 aliphatic heterocycles. The fraction of sp³-hybridized carbons (Fsp3) is 0. The molecule has 0 saturated carbocycles. The number of para-hydroxylation sites is 1. The summed E-state index contributed by atoms with van der Waals surface area (Å²) in [5.74, 6) is 0.441. The first-order chi connectivity index (χ1) is 5.27. The average molecular weight is 146 g/mol. The van der Waals surface area contributed by atoms with Crippen LogP contribution in [0.15, 0.2) is 18.2 Å². The third-order valence-corrected chi connectivity index (χ3v) is 1.61. The van der Waals surface area contributed by atoms with E-state index in [1.54, 1.807) is 0 Å². The van der Waals surface area contributed by atoms with Gasteiger partial charge in [0.05, 0.1) is 11.0 Å². The van der Waals surface area contributed by atoms with Gasteiger partial charge in [-0.2, -0.15) is 0 Å². The van der Waals surface area contributed by atoms with Crippen LogP contribution in [0.3, 0.4) is 0 Å². The molecule has 0 aliphatic rings. The lowest BCUT2D eigenvalue weighted by Crippen LogP contribution is -1.84. The number of nitrogen functional groups attached to an aromatic ring is 1. The van der Waals surface area contributed by atoms with Crippen LogP contribution in [0, 0.1) is 6.92 Å². The van der Waals surface area contributed by atoms with Crippen LogP contribution in [0.25, 0.3) is 11.0 Å². The van der Waals surface area contributed by atoms with Crippen molar-refractivity contribution in [3.63, 3.8) is 0 Å². The summed E-state index contributed by atoms with van der Waals surface area (Å²) in [4.78, 5) is 7.00. The number of anilines is 1. The van der Waals surface area contributed by atoms with Gasteiger partial charge >= 0.3 is 0 Å². The van der Waals surface area contributed by atoms with E-state index in [0.717, 1.165) is 16.6 Å². The van der Waals surface area contributed by atoms with Gasteiger partial charge in [-0.25, -0.2) is 4.98 Å². The predicted molar refractivity (Wildman–Crippen MR) is 45.0 cm³/mol. The minimum atomic E-state index is 0.441. The third kappa shape index (κ3) is 0.852. The first kappa shape index (κ1) is 6.22. The van der Waals surface area contributed by atoms with Crippen molar-refractivity contribution in [1.29, 1.82) is 0 Å². The number of imidazole rings is 1. The topological polar surface area (TPSA) is 54.7 Å². The predicted octanol–water partition coefficient (Wildman–Crippen LogP) is 1.33. The van der Waals surface area contributed by atoms with Gasteiger partial charge in [0.25, 0.3) is 0 Å². The van der Waals surface area contributed by atoms with Gasteiger partial charge in [0.2, 0.25) is 0 Å². The maximum atomic E-state index is 5.46. The summed E-state index contributed by atoms with van der Waals surface area (Å²) in [7, 11) is 0. The summed E-state index contributed by atoms with van der Waals surface area (Å²) in [5, 5.41) is 0. The molecule has 0 atom stereocenters. The van der Waals surface area contributed by atoms with Crippen molar-refractivity contribution < 1.29 is 0 Å². The zero-order valence-corrected chi connectivity index (χ0v) is 5.96. The molecule has 1 aromatic carbocycles. The lowest BCUT2D eigenvalue weighted by atomic mass is 10.2. The van der Waals surface area contributed by atoms with Crippen LogP contribution in [0.4, 0.5) is 5.95 Å². The molecular formula is C8H8N3. The Morgan fingerprint density at radius 2 is 2.27 bits per heavy atom. The van der Waals surface area contributed by atoms with E-state index in [9.17, 15) is 0 Å². The number of nitrogens with one attached hydrogen (secondary N) is 1.